The molecule has 0 aromatic rings. The van der Waals surface area contributed by atoms with Crippen molar-refractivity contribution in [3.05, 3.63) is 24.1 Å². The highest BCUT2D eigenvalue weighted by molar-refractivity contribution is 5.19. The maximum Gasteiger partial charge on any atom is 0.137 e. The van der Waals surface area contributed by atoms with Crippen LogP contribution >= 0.6 is 0 Å². The summed E-state index contributed by atoms with van der Waals surface area (Å²) in [5, 5.41) is 0. The molecule has 0 spiro atoms. The van der Waals surface area contributed by atoms with Crippen LogP contribution < -0.4 is 11.5 Å². The Morgan fingerprint density at radius 1 is 1.40 bits per heavy atom. The second-order valence-electron chi connectivity index (χ2n) is 3.39. The molecule has 0 aliphatic heterocycles. The maximum absolute atomic E-state index is 13.4. The Labute approximate surface area is 87.8 Å². The molecule has 2 unspecified atom stereocenters. The van der Waals surface area contributed by atoms with Crippen LogP contribution in [-0.4, -0.2) is 31.5 Å². The Balaban J connectivity index is 2.56. The first kappa shape index (κ1) is 12.3. The van der Waals surface area contributed by atoms with E-state index in [0.29, 0.717) is 19.6 Å². The second-order valence-corrected chi connectivity index (χ2v) is 3.39. The number of halogens is 2. The van der Waals surface area contributed by atoms with Gasteiger partial charge in [-0.25, -0.2) is 8.78 Å². The molecule has 3 nitrogen and oxygen atoms in total. The third-order valence-corrected chi connectivity index (χ3v) is 2.11. The molecule has 1 aliphatic carbocycles. The predicted molar refractivity (Wildman–Crippen MR) is 54.6 cm³/mol. The molecule has 0 fully saturated rings. The molecule has 0 saturated carbocycles. The van der Waals surface area contributed by atoms with Crippen LogP contribution in [0.4, 0.5) is 8.78 Å². The van der Waals surface area contributed by atoms with E-state index in [2.05, 4.69) is 0 Å². The van der Waals surface area contributed by atoms with E-state index in [1.807, 2.05) is 0 Å². The molecule has 5 heteroatoms. The van der Waals surface area contributed by atoms with Crippen LogP contribution in [0.2, 0.25) is 0 Å². The van der Waals surface area contributed by atoms with Crippen molar-refractivity contribution in [3.8, 4) is 0 Å². The zero-order valence-corrected chi connectivity index (χ0v) is 8.40. The lowest BCUT2D eigenvalue weighted by atomic mass is 10.2. The van der Waals surface area contributed by atoms with E-state index in [-0.39, 0.29) is 0 Å². The van der Waals surface area contributed by atoms with Gasteiger partial charge in [0.1, 0.15) is 18.1 Å². The minimum absolute atomic E-state index is 0.346. The van der Waals surface area contributed by atoms with Gasteiger partial charge in [-0.3, -0.25) is 0 Å². The van der Waals surface area contributed by atoms with Gasteiger partial charge in [0.25, 0.3) is 0 Å². The van der Waals surface area contributed by atoms with Crippen molar-refractivity contribution in [1.82, 2.24) is 0 Å². The fraction of sp³-hybridized carbons (Fsp3) is 0.600. The standard InChI is InChI=1S/C10H16F2N2O/c11-7-2-3-10(15-5-1-4-13)8(12)6-9(7)14/h2-3,6-7,9-10H,1,4-5,13-14H2/t7?,9-,10?/m0/s1. The van der Waals surface area contributed by atoms with Crippen LogP contribution in [0.15, 0.2) is 24.1 Å². The van der Waals surface area contributed by atoms with Gasteiger partial charge in [-0.1, -0.05) is 6.08 Å². The number of rotatable bonds is 4. The van der Waals surface area contributed by atoms with Gasteiger partial charge in [-0.2, -0.15) is 0 Å². The van der Waals surface area contributed by atoms with Gasteiger partial charge in [0.05, 0.1) is 6.04 Å². The summed E-state index contributed by atoms with van der Waals surface area (Å²) in [6, 6.07) is -0.940. The van der Waals surface area contributed by atoms with Crippen LogP contribution in [0.3, 0.4) is 0 Å². The van der Waals surface area contributed by atoms with Crippen molar-refractivity contribution in [2.45, 2.75) is 24.7 Å². The molecule has 15 heavy (non-hydrogen) atoms. The van der Waals surface area contributed by atoms with Gasteiger partial charge in [0.15, 0.2) is 0 Å². The van der Waals surface area contributed by atoms with Gasteiger partial charge < -0.3 is 16.2 Å². The van der Waals surface area contributed by atoms with Gasteiger partial charge in [0, 0.05) is 6.61 Å². The molecule has 0 heterocycles. The van der Waals surface area contributed by atoms with Crippen LogP contribution in [0.5, 0.6) is 0 Å². The third-order valence-electron chi connectivity index (χ3n) is 2.11. The Hall–Kier alpha value is -0.780. The normalized spacial score (nSPS) is 31.2. The molecule has 0 bridgehead atoms. The van der Waals surface area contributed by atoms with Crippen molar-refractivity contribution >= 4 is 0 Å². The molecule has 1 aliphatic rings. The smallest absolute Gasteiger partial charge is 0.137 e. The highest BCUT2D eigenvalue weighted by Crippen LogP contribution is 2.17. The number of nitrogens with two attached hydrogens (primary N) is 2. The lowest BCUT2D eigenvalue weighted by Crippen LogP contribution is -2.27. The van der Waals surface area contributed by atoms with Gasteiger partial charge in [-0.15, -0.1) is 0 Å². The minimum Gasteiger partial charge on any atom is -0.367 e. The summed E-state index contributed by atoms with van der Waals surface area (Å²) in [6.07, 6.45) is 2.07. The lowest BCUT2D eigenvalue weighted by Gasteiger charge is -2.11. The average Bonchev–Trinajstić information content (AvgIpc) is 2.32. The molecular weight excluding hydrogens is 202 g/mol. The molecule has 3 atom stereocenters. The Bertz CT molecular complexity index is 256. The molecule has 0 saturated heterocycles. The highest BCUT2D eigenvalue weighted by atomic mass is 19.1. The fourth-order valence-electron chi connectivity index (χ4n) is 1.23. The number of alkyl halides is 1. The summed E-state index contributed by atoms with van der Waals surface area (Å²) in [4.78, 5) is 0. The van der Waals surface area contributed by atoms with E-state index in [0.717, 1.165) is 6.08 Å². The molecule has 0 radical (unpaired) electrons. The van der Waals surface area contributed by atoms with E-state index < -0.39 is 24.1 Å². The summed E-state index contributed by atoms with van der Waals surface area (Å²) in [5.41, 5.74) is 10.6. The number of hydrogen-bond acceptors (Lipinski definition) is 3. The van der Waals surface area contributed by atoms with E-state index in [9.17, 15) is 8.78 Å². The van der Waals surface area contributed by atoms with Crippen molar-refractivity contribution < 1.29 is 13.5 Å². The second kappa shape index (κ2) is 5.95. The van der Waals surface area contributed by atoms with Crippen LogP contribution in [0, 0.1) is 0 Å². The Morgan fingerprint density at radius 3 is 2.80 bits per heavy atom. The average molecular weight is 218 g/mol. The van der Waals surface area contributed by atoms with Crippen molar-refractivity contribution in [2.75, 3.05) is 13.2 Å². The molecule has 4 N–H and O–H groups in total. The van der Waals surface area contributed by atoms with Crippen molar-refractivity contribution in [3.63, 3.8) is 0 Å². The lowest BCUT2D eigenvalue weighted by molar-refractivity contribution is 0.0924. The molecular formula is C10H16F2N2O. The molecule has 1 rings (SSSR count). The Morgan fingerprint density at radius 2 is 2.13 bits per heavy atom. The SMILES string of the molecule is NCCCOC1C=CC(F)[C@@H](N)C=C1F. The molecule has 0 aromatic carbocycles. The van der Waals surface area contributed by atoms with E-state index in [1.165, 1.54) is 12.2 Å². The first-order valence-electron chi connectivity index (χ1n) is 4.92. The largest absolute Gasteiger partial charge is 0.367 e. The zero-order valence-electron chi connectivity index (χ0n) is 8.40. The Kier molecular flexibility index (Phi) is 4.87. The van der Waals surface area contributed by atoms with Crippen molar-refractivity contribution in [2.24, 2.45) is 11.5 Å². The van der Waals surface area contributed by atoms with E-state index in [1.54, 1.807) is 0 Å². The zero-order chi connectivity index (χ0) is 11.3. The summed E-state index contributed by atoms with van der Waals surface area (Å²) in [6.45, 7) is 0.825. The summed E-state index contributed by atoms with van der Waals surface area (Å²) < 4.78 is 31.6. The van der Waals surface area contributed by atoms with E-state index in [4.69, 9.17) is 16.2 Å². The van der Waals surface area contributed by atoms with Crippen LogP contribution in [-0.2, 0) is 4.74 Å². The number of hydrogen-bond donors (Lipinski definition) is 2. The maximum atomic E-state index is 13.4. The van der Waals surface area contributed by atoms with Gasteiger partial charge >= 0.3 is 0 Å². The predicted octanol–water partition coefficient (Wildman–Crippen LogP) is 0.809. The minimum atomic E-state index is -1.36. The van der Waals surface area contributed by atoms with E-state index >= 15 is 0 Å². The summed E-state index contributed by atoms with van der Waals surface area (Å²) in [7, 11) is 0. The summed E-state index contributed by atoms with van der Waals surface area (Å²) >= 11 is 0. The molecule has 86 valence electrons. The molecule has 0 aromatic heterocycles. The topological polar surface area (TPSA) is 61.3 Å². The fourth-order valence-corrected chi connectivity index (χ4v) is 1.23. The van der Waals surface area contributed by atoms with Crippen LogP contribution in [0.25, 0.3) is 0 Å². The molecule has 0 amide bonds. The summed E-state index contributed by atoms with van der Waals surface area (Å²) in [5.74, 6) is -0.545. The number of ether oxygens (including phenoxy) is 1. The first-order chi connectivity index (χ1) is 7.15. The monoisotopic (exact) mass is 218 g/mol. The van der Waals surface area contributed by atoms with Gasteiger partial charge in [0.2, 0.25) is 0 Å². The first-order valence-corrected chi connectivity index (χ1v) is 4.92. The quantitative estimate of drug-likeness (QED) is 0.542. The highest BCUT2D eigenvalue weighted by Gasteiger charge is 2.21. The van der Waals surface area contributed by atoms with Crippen LogP contribution in [0.1, 0.15) is 6.42 Å². The van der Waals surface area contributed by atoms with Crippen molar-refractivity contribution in [1.29, 1.82) is 0 Å². The third kappa shape index (κ3) is 3.70. The van der Waals surface area contributed by atoms with Gasteiger partial charge in [-0.05, 0) is 25.1 Å².